The van der Waals surface area contributed by atoms with Gasteiger partial charge in [-0.2, -0.15) is 5.26 Å². The average Bonchev–Trinajstić information content (AvgIpc) is 2.72. The Morgan fingerprint density at radius 2 is 1.84 bits per heavy atom. The highest BCUT2D eigenvalue weighted by molar-refractivity contribution is 8.71. The minimum Gasteiger partial charge on any atom is -0.218 e. The van der Waals surface area contributed by atoms with Gasteiger partial charge in [0.05, 0.1) is 17.2 Å². The van der Waals surface area contributed by atoms with Crippen LogP contribution in [0, 0.1) is 16.7 Å². The maximum Gasteiger partial charge on any atom is 0.213 e. The molecule has 1 saturated carbocycles. The van der Waals surface area contributed by atoms with Crippen LogP contribution < -0.4 is 4.72 Å². The van der Waals surface area contributed by atoms with Gasteiger partial charge in [-0.15, -0.1) is 0 Å². The number of rotatable bonds is 7. The van der Waals surface area contributed by atoms with E-state index in [1.807, 2.05) is 0 Å². The van der Waals surface area contributed by atoms with E-state index in [1.54, 1.807) is 0 Å². The van der Waals surface area contributed by atoms with Gasteiger partial charge < -0.3 is 0 Å². The largest absolute Gasteiger partial charge is 0.218 e. The van der Waals surface area contributed by atoms with Crippen LogP contribution >= 0.6 is 10.8 Å². The van der Waals surface area contributed by atoms with Gasteiger partial charge in [-0.25, -0.2) is 21.6 Å². The molecule has 9 heteroatoms. The van der Waals surface area contributed by atoms with Gasteiger partial charge in [-0.3, -0.25) is 0 Å². The standard InChI is InChI=1S/C10H18N2O4S3/c1-18(13,14)17-7-6-12-19(15,16)9-10(8-11)4-2-3-5-10/h12H,2-7,9H2,1H3. The van der Waals surface area contributed by atoms with Crippen molar-refractivity contribution >= 4 is 29.7 Å². The Morgan fingerprint density at radius 3 is 2.32 bits per heavy atom. The lowest BCUT2D eigenvalue weighted by atomic mass is 9.91. The first-order chi connectivity index (χ1) is 8.68. The van der Waals surface area contributed by atoms with Crippen molar-refractivity contribution in [2.24, 2.45) is 5.41 Å². The minimum atomic E-state index is -3.53. The van der Waals surface area contributed by atoms with Crippen LogP contribution in [0.3, 0.4) is 0 Å². The summed E-state index contributed by atoms with van der Waals surface area (Å²) in [5.41, 5.74) is -0.768. The Bertz CT molecular complexity index is 542. The molecule has 0 unspecified atom stereocenters. The van der Waals surface area contributed by atoms with Crippen LogP contribution in [0.25, 0.3) is 0 Å². The quantitative estimate of drug-likeness (QED) is 0.545. The molecule has 0 aliphatic heterocycles. The molecule has 0 bridgehead atoms. The molecule has 1 rings (SSSR count). The van der Waals surface area contributed by atoms with Crippen molar-refractivity contribution in [3.05, 3.63) is 0 Å². The van der Waals surface area contributed by atoms with Crippen LogP contribution in [0.2, 0.25) is 0 Å². The molecule has 1 aliphatic rings. The summed E-state index contributed by atoms with van der Waals surface area (Å²) in [5, 5.41) is 9.13. The third kappa shape index (κ3) is 6.12. The van der Waals surface area contributed by atoms with Crippen molar-refractivity contribution in [1.29, 1.82) is 5.26 Å². The third-order valence-electron chi connectivity index (χ3n) is 2.99. The maximum absolute atomic E-state index is 11.9. The molecular formula is C10H18N2O4S3. The van der Waals surface area contributed by atoms with Crippen molar-refractivity contribution in [1.82, 2.24) is 4.72 Å². The summed E-state index contributed by atoms with van der Waals surface area (Å²) in [4.78, 5) is 0. The van der Waals surface area contributed by atoms with Crippen molar-refractivity contribution in [2.45, 2.75) is 25.7 Å². The molecule has 1 N–H and O–H groups in total. The van der Waals surface area contributed by atoms with E-state index >= 15 is 0 Å². The maximum atomic E-state index is 11.9. The Kier molecular flexibility index (Phi) is 5.67. The van der Waals surface area contributed by atoms with Crippen LogP contribution in [0.1, 0.15) is 25.7 Å². The van der Waals surface area contributed by atoms with Gasteiger partial charge in [0.25, 0.3) is 0 Å². The fourth-order valence-corrected chi connectivity index (χ4v) is 5.52. The Labute approximate surface area is 118 Å². The molecule has 0 aromatic carbocycles. The van der Waals surface area contributed by atoms with E-state index in [0.717, 1.165) is 19.1 Å². The number of hydrogen-bond acceptors (Lipinski definition) is 6. The lowest BCUT2D eigenvalue weighted by Gasteiger charge is -2.19. The van der Waals surface area contributed by atoms with Gasteiger partial charge in [0.15, 0.2) is 8.87 Å². The van der Waals surface area contributed by atoms with Crippen LogP contribution in [0.4, 0.5) is 0 Å². The molecule has 19 heavy (non-hydrogen) atoms. The summed E-state index contributed by atoms with van der Waals surface area (Å²) < 4.78 is 47.8. The highest BCUT2D eigenvalue weighted by Crippen LogP contribution is 2.38. The second kappa shape index (κ2) is 6.43. The lowest BCUT2D eigenvalue weighted by molar-refractivity contribution is 0.452. The first kappa shape index (κ1) is 16.8. The Balaban J connectivity index is 2.46. The molecule has 0 atom stereocenters. The first-order valence-electron chi connectivity index (χ1n) is 5.91. The minimum absolute atomic E-state index is 0.0571. The molecule has 0 aromatic heterocycles. The number of hydrogen-bond donors (Lipinski definition) is 1. The van der Waals surface area contributed by atoms with E-state index in [2.05, 4.69) is 10.8 Å². The smallest absolute Gasteiger partial charge is 0.213 e. The summed E-state index contributed by atoms with van der Waals surface area (Å²) in [6, 6.07) is 2.13. The lowest BCUT2D eigenvalue weighted by Crippen LogP contribution is -2.35. The van der Waals surface area contributed by atoms with Crippen molar-refractivity contribution < 1.29 is 16.8 Å². The van der Waals surface area contributed by atoms with E-state index in [0.29, 0.717) is 23.6 Å². The number of nitrogens with zero attached hydrogens (tertiary/aromatic N) is 1. The number of nitriles is 1. The van der Waals surface area contributed by atoms with Crippen LogP contribution in [0.15, 0.2) is 0 Å². The molecule has 0 spiro atoms. The second-order valence-electron chi connectivity index (χ2n) is 4.78. The van der Waals surface area contributed by atoms with Crippen molar-refractivity contribution in [2.75, 3.05) is 24.3 Å². The molecule has 0 aromatic rings. The van der Waals surface area contributed by atoms with Gasteiger partial charge in [0, 0.05) is 18.6 Å². The molecule has 0 heterocycles. The van der Waals surface area contributed by atoms with Gasteiger partial charge in [-0.05, 0) is 23.6 Å². The SMILES string of the molecule is CS(=O)(=O)SCCNS(=O)(=O)CC1(C#N)CCCC1. The van der Waals surface area contributed by atoms with Crippen molar-refractivity contribution in [3.63, 3.8) is 0 Å². The highest BCUT2D eigenvalue weighted by atomic mass is 33.1. The first-order valence-corrected chi connectivity index (χ1v) is 11.0. The van der Waals surface area contributed by atoms with Crippen LogP contribution in [0.5, 0.6) is 0 Å². The van der Waals surface area contributed by atoms with E-state index in [1.165, 1.54) is 0 Å². The third-order valence-corrected chi connectivity index (χ3v) is 7.15. The monoisotopic (exact) mass is 326 g/mol. The fraction of sp³-hybridized carbons (Fsp3) is 0.900. The predicted molar refractivity (Wildman–Crippen MR) is 75.6 cm³/mol. The summed E-state index contributed by atoms with van der Waals surface area (Å²) in [7, 11) is -5.98. The van der Waals surface area contributed by atoms with E-state index < -0.39 is 24.3 Å². The molecule has 0 amide bonds. The zero-order valence-corrected chi connectivity index (χ0v) is 13.2. The fourth-order valence-electron chi connectivity index (χ4n) is 2.15. The number of nitrogens with one attached hydrogen (secondary N) is 1. The van der Waals surface area contributed by atoms with Crippen molar-refractivity contribution in [3.8, 4) is 6.07 Å². The van der Waals surface area contributed by atoms with Gasteiger partial charge >= 0.3 is 0 Å². The van der Waals surface area contributed by atoms with E-state index in [-0.39, 0.29) is 18.1 Å². The Hall–Kier alpha value is -0.300. The van der Waals surface area contributed by atoms with E-state index in [9.17, 15) is 16.8 Å². The topological polar surface area (TPSA) is 104 Å². The molecule has 1 aliphatic carbocycles. The van der Waals surface area contributed by atoms with Crippen LogP contribution in [-0.4, -0.2) is 41.1 Å². The zero-order chi connectivity index (χ0) is 14.6. The summed E-state index contributed by atoms with van der Waals surface area (Å²) in [6.45, 7) is 0.0571. The van der Waals surface area contributed by atoms with E-state index in [4.69, 9.17) is 5.26 Å². The predicted octanol–water partition coefficient (Wildman–Crippen LogP) is 0.683. The number of sulfonamides is 1. The molecule has 1 fully saturated rings. The Morgan fingerprint density at radius 1 is 1.26 bits per heavy atom. The van der Waals surface area contributed by atoms with Gasteiger partial charge in [-0.1, -0.05) is 12.8 Å². The highest BCUT2D eigenvalue weighted by Gasteiger charge is 2.38. The van der Waals surface area contributed by atoms with Gasteiger partial charge in [0.1, 0.15) is 0 Å². The normalized spacial score (nSPS) is 19.2. The molecule has 0 radical (unpaired) electrons. The molecule has 0 saturated heterocycles. The molecular weight excluding hydrogens is 308 g/mol. The second-order valence-corrected chi connectivity index (χ2v) is 11.2. The summed E-state index contributed by atoms with van der Waals surface area (Å²) in [6.07, 6.45) is 4.07. The molecule has 110 valence electrons. The van der Waals surface area contributed by atoms with Crippen LogP contribution in [-0.2, 0) is 18.9 Å². The molecule has 6 nitrogen and oxygen atoms in total. The summed E-state index contributed by atoms with van der Waals surface area (Å²) in [5.74, 6) is -0.0301. The zero-order valence-electron chi connectivity index (χ0n) is 10.8. The van der Waals surface area contributed by atoms with Gasteiger partial charge in [0.2, 0.25) is 10.0 Å². The summed E-state index contributed by atoms with van der Waals surface area (Å²) >= 11 is 0. The average molecular weight is 326 g/mol.